The van der Waals surface area contributed by atoms with Crippen molar-refractivity contribution in [3.63, 3.8) is 0 Å². The number of carbonyl (C=O) groups is 1. The molecule has 106 valence electrons. The highest BCUT2D eigenvalue weighted by molar-refractivity contribution is 6.14. The first-order valence-electron chi connectivity index (χ1n) is 6.80. The zero-order valence-electron chi connectivity index (χ0n) is 11.9. The van der Waals surface area contributed by atoms with Crippen molar-refractivity contribution in [2.24, 2.45) is 0 Å². The second-order valence-electron chi connectivity index (χ2n) is 5.25. The van der Waals surface area contributed by atoms with Gasteiger partial charge in [0.1, 0.15) is 6.61 Å². The number of fused-ring (bicyclic) bond motifs is 1. The Hall–Kier alpha value is -2.42. The third-order valence-electron chi connectivity index (χ3n) is 3.75. The number of halogens is 1. The molecule has 0 aliphatic carbocycles. The van der Waals surface area contributed by atoms with E-state index in [1.54, 1.807) is 6.07 Å². The van der Waals surface area contributed by atoms with Crippen LogP contribution < -0.4 is 4.74 Å². The average molecular weight is 282 g/mol. The highest BCUT2D eigenvalue weighted by atomic mass is 19.1. The molecule has 2 aromatic rings. The maximum Gasteiger partial charge on any atom is 0.196 e. The van der Waals surface area contributed by atoms with E-state index in [9.17, 15) is 9.18 Å². The van der Waals surface area contributed by atoms with Gasteiger partial charge in [0.05, 0.1) is 5.56 Å². The fourth-order valence-corrected chi connectivity index (χ4v) is 2.39. The summed E-state index contributed by atoms with van der Waals surface area (Å²) in [6.07, 6.45) is 1.81. The molecule has 1 aliphatic heterocycles. The second kappa shape index (κ2) is 5.17. The van der Waals surface area contributed by atoms with E-state index in [1.165, 1.54) is 23.3 Å². The van der Waals surface area contributed by atoms with Gasteiger partial charge in [-0.05, 0) is 48.7 Å². The van der Waals surface area contributed by atoms with Gasteiger partial charge in [0.2, 0.25) is 0 Å². The van der Waals surface area contributed by atoms with E-state index in [4.69, 9.17) is 4.74 Å². The fraction of sp³-hybridized carbons (Fsp3) is 0.167. The predicted molar refractivity (Wildman–Crippen MR) is 80.1 cm³/mol. The summed E-state index contributed by atoms with van der Waals surface area (Å²) in [7, 11) is 0. The molecule has 0 amide bonds. The van der Waals surface area contributed by atoms with Gasteiger partial charge in [-0.2, -0.15) is 0 Å². The molecule has 0 unspecified atom stereocenters. The Kier molecular flexibility index (Phi) is 3.34. The first kappa shape index (κ1) is 13.6. The van der Waals surface area contributed by atoms with Crippen molar-refractivity contribution < 1.29 is 13.9 Å². The van der Waals surface area contributed by atoms with Gasteiger partial charge >= 0.3 is 0 Å². The Balaban J connectivity index is 1.99. The summed E-state index contributed by atoms with van der Waals surface area (Å²) in [5.74, 6) is -0.611. The number of ether oxygens (including phenoxy) is 1. The largest absolute Gasteiger partial charge is 0.485 e. The molecule has 2 aromatic carbocycles. The monoisotopic (exact) mass is 282 g/mol. The number of carbonyl (C=O) groups excluding carboxylic acids is 1. The maximum absolute atomic E-state index is 13.6. The van der Waals surface area contributed by atoms with Crippen LogP contribution in [0.15, 0.2) is 42.0 Å². The summed E-state index contributed by atoms with van der Waals surface area (Å²) < 4.78 is 19.0. The number of rotatable bonds is 1. The molecule has 0 saturated carbocycles. The van der Waals surface area contributed by atoms with E-state index in [2.05, 4.69) is 0 Å². The molecule has 1 heterocycles. The van der Waals surface area contributed by atoms with Crippen molar-refractivity contribution in [2.45, 2.75) is 13.8 Å². The molecule has 0 aromatic heterocycles. The van der Waals surface area contributed by atoms with Crippen LogP contribution >= 0.6 is 0 Å². The third-order valence-corrected chi connectivity index (χ3v) is 3.75. The Bertz CT molecular complexity index is 760. The summed E-state index contributed by atoms with van der Waals surface area (Å²) in [5.41, 5.74) is 4.15. The lowest BCUT2D eigenvalue weighted by atomic mass is 9.97. The van der Waals surface area contributed by atoms with Crippen LogP contribution in [0.2, 0.25) is 0 Å². The molecule has 21 heavy (non-hydrogen) atoms. The van der Waals surface area contributed by atoms with E-state index in [0.717, 1.165) is 5.56 Å². The van der Waals surface area contributed by atoms with Gasteiger partial charge in [-0.25, -0.2) is 4.39 Å². The molecule has 0 spiro atoms. The van der Waals surface area contributed by atoms with Crippen molar-refractivity contribution in [2.75, 3.05) is 6.61 Å². The number of benzene rings is 2. The minimum atomic E-state index is -0.494. The summed E-state index contributed by atoms with van der Waals surface area (Å²) in [6.45, 7) is 4.17. The molecule has 0 atom stereocenters. The zero-order chi connectivity index (χ0) is 15.0. The number of hydrogen-bond acceptors (Lipinski definition) is 2. The Morgan fingerprint density at radius 2 is 1.95 bits per heavy atom. The van der Waals surface area contributed by atoms with E-state index in [0.29, 0.717) is 5.57 Å². The van der Waals surface area contributed by atoms with Gasteiger partial charge in [0.15, 0.2) is 17.3 Å². The second-order valence-corrected chi connectivity index (χ2v) is 5.25. The first-order valence-corrected chi connectivity index (χ1v) is 6.80. The highest BCUT2D eigenvalue weighted by Gasteiger charge is 2.25. The summed E-state index contributed by atoms with van der Waals surface area (Å²) >= 11 is 0. The van der Waals surface area contributed by atoms with E-state index in [-0.39, 0.29) is 23.7 Å². The normalized spacial score (nSPS) is 15.8. The van der Waals surface area contributed by atoms with E-state index >= 15 is 0 Å². The smallest absolute Gasteiger partial charge is 0.196 e. The van der Waals surface area contributed by atoms with Gasteiger partial charge in [-0.1, -0.05) is 24.3 Å². The number of ketones is 1. The SMILES string of the molecule is Cc1ccc(/C=C2\COc3c(F)cccc3C2=O)cc1C. The molecular weight excluding hydrogens is 267 g/mol. The van der Waals surface area contributed by atoms with Gasteiger partial charge in [0, 0.05) is 5.57 Å². The Morgan fingerprint density at radius 1 is 1.14 bits per heavy atom. The number of para-hydroxylation sites is 1. The molecule has 2 nitrogen and oxygen atoms in total. The number of hydrogen-bond donors (Lipinski definition) is 0. The number of Topliss-reactive ketones (excluding diaryl/α,β-unsaturated/α-hetero) is 1. The van der Waals surface area contributed by atoms with Crippen molar-refractivity contribution in [3.05, 3.63) is 70.0 Å². The van der Waals surface area contributed by atoms with Gasteiger partial charge in [-0.3, -0.25) is 4.79 Å². The van der Waals surface area contributed by atoms with Crippen molar-refractivity contribution in [3.8, 4) is 5.75 Å². The molecule has 0 fully saturated rings. The fourth-order valence-electron chi connectivity index (χ4n) is 2.39. The predicted octanol–water partition coefficient (Wildman–Crippen LogP) is 4.10. The average Bonchev–Trinajstić information content (AvgIpc) is 2.46. The molecule has 3 heteroatoms. The lowest BCUT2D eigenvalue weighted by Crippen LogP contribution is -2.19. The first-order chi connectivity index (χ1) is 10.1. The molecule has 0 bridgehead atoms. The van der Waals surface area contributed by atoms with Gasteiger partial charge < -0.3 is 4.74 Å². The van der Waals surface area contributed by atoms with Crippen LogP contribution in [-0.2, 0) is 0 Å². The third kappa shape index (κ3) is 2.47. The van der Waals surface area contributed by atoms with Crippen LogP contribution in [0.4, 0.5) is 4.39 Å². The molecule has 0 saturated heterocycles. The topological polar surface area (TPSA) is 26.3 Å². The lowest BCUT2D eigenvalue weighted by Gasteiger charge is -2.19. The minimum Gasteiger partial charge on any atom is -0.485 e. The van der Waals surface area contributed by atoms with Crippen LogP contribution in [0, 0.1) is 19.7 Å². The quantitative estimate of drug-likeness (QED) is 0.736. The van der Waals surface area contributed by atoms with Crippen LogP contribution in [0.5, 0.6) is 5.75 Å². The minimum absolute atomic E-state index is 0.0553. The van der Waals surface area contributed by atoms with Gasteiger partial charge in [-0.15, -0.1) is 0 Å². The van der Waals surface area contributed by atoms with Crippen molar-refractivity contribution in [1.82, 2.24) is 0 Å². The van der Waals surface area contributed by atoms with E-state index in [1.807, 2.05) is 38.1 Å². The Labute approximate surface area is 122 Å². The summed E-state index contributed by atoms with van der Waals surface area (Å²) in [6, 6.07) is 10.4. The maximum atomic E-state index is 13.6. The van der Waals surface area contributed by atoms with Crippen LogP contribution in [0.1, 0.15) is 27.0 Å². The van der Waals surface area contributed by atoms with Gasteiger partial charge in [0.25, 0.3) is 0 Å². The van der Waals surface area contributed by atoms with Crippen molar-refractivity contribution >= 4 is 11.9 Å². The molecule has 3 rings (SSSR count). The lowest BCUT2D eigenvalue weighted by molar-refractivity contribution is 0.0998. The molecule has 0 N–H and O–H groups in total. The van der Waals surface area contributed by atoms with E-state index < -0.39 is 5.82 Å². The zero-order valence-corrected chi connectivity index (χ0v) is 11.9. The Morgan fingerprint density at radius 3 is 2.71 bits per heavy atom. The molecular formula is C18H15FO2. The molecule has 0 radical (unpaired) electrons. The summed E-state index contributed by atoms with van der Waals surface area (Å²) in [5, 5.41) is 0. The van der Waals surface area contributed by atoms with Crippen LogP contribution in [0.25, 0.3) is 6.08 Å². The van der Waals surface area contributed by atoms with Crippen molar-refractivity contribution in [1.29, 1.82) is 0 Å². The standard InChI is InChI=1S/C18H15FO2/c1-11-6-7-13(8-12(11)2)9-14-10-21-18-15(17(14)20)4-3-5-16(18)19/h3-9H,10H2,1-2H3/b14-9+. The highest BCUT2D eigenvalue weighted by Crippen LogP contribution is 2.30. The van der Waals surface area contributed by atoms with Crippen LogP contribution in [0.3, 0.4) is 0 Å². The summed E-state index contributed by atoms with van der Waals surface area (Å²) in [4.78, 5) is 12.4. The molecule has 1 aliphatic rings. The number of aryl methyl sites for hydroxylation is 2. The van der Waals surface area contributed by atoms with Crippen LogP contribution in [-0.4, -0.2) is 12.4 Å².